The van der Waals surface area contributed by atoms with E-state index in [1.54, 1.807) is 59.6 Å². The number of amides is 3. The number of aryl methyl sites for hydroxylation is 2. The zero-order valence-corrected chi connectivity index (χ0v) is 31.5. The van der Waals surface area contributed by atoms with E-state index in [1.165, 1.54) is 12.0 Å². The first-order valence-corrected chi connectivity index (χ1v) is 17.7. The van der Waals surface area contributed by atoms with Crippen LogP contribution in [-0.2, 0) is 11.2 Å². The molecular weight excluding hydrogens is 658 g/mol. The summed E-state index contributed by atoms with van der Waals surface area (Å²) in [5.41, 5.74) is 4.24. The number of para-hydroxylation sites is 1. The standard InChI is InChI=1S/C40H51N7O5/c1-9-29(6)42-36(48)26-30-15-20-33(34(25-30)51-8)52-40(50)47(37-27(4)13-12-14-28(37)5)35-21-22-41-39(44-35)43-32-18-16-31(17-19-32)38(49)45(7)23-24-46(10-2)11-3/h12-22,25,29H,9-11,23-24,26H2,1-8H3,(H,42,48)(H,41,43,44). The molecule has 0 fully saturated rings. The van der Waals surface area contributed by atoms with Crippen molar-refractivity contribution in [1.29, 1.82) is 0 Å². The zero-order chi connectivity index (χ0) is 37.8. The van der Waals surface area contributed by atoms with Crippen LogP contribution in [0.5, 0.6) is 11.5 Å². The lowest BCUT2D eigenvalue weighted by Gasteiger charge is -2.25. The summed E-state index contributed by atoms with van der Waals surface area (Å²) in [4.78, 5) is 54.2. The molecule has 52 heavy (non-hydrogen) atoms. The second kappa shape index (κ2) is 18.7. The maximum absolute atomic E-state index is 14.1. The van der Waals surface area contributed by atoms with Crippen LogP contribution in [0.15, 0.2) is 72.9 Å². The van der Waals surface area contributed by atoms with Gasteiger partial charge in [-0.2, -0.15) is 4.98 Å². The third kappa shape index (κ3) is 10.3. The minimum absolute atomic E-state index is 0.0573. The third-order valence-corrected chi connectivity index (χ3v) is 8.91. The van der Waals surface area contributed by atoms with E-state index in [0.29, 0.717) is 29.2 Å². The number of carbonyl (C=O) groups is 3. The number of rotatable bonds is 16. The van der Waals surface area contributed by atoms with Crippen LogP contribution in [0.4, 0.5) is 27.9 Å². The van der Waals surface area contributed by atoms with Crippen molar-refractivity contribution in [2.45, 2.75) is 60.4 Å². The molecular formula is C40H51N7O5. The minimum atomic E-state index is -0.712. The van der Waals surface area contributed by atoms with E-state index in [1.807, 2.05) is 52.9 Å². The summed E-state index contributed by atoms with van der Waals surface area (Å²) < 4.78 is 11.5. The Hall–Kier alpha value is -5.49. The normalized spacial score (nSPS) is 11.5. The maximum atomic E-state index is 14.1. The van der Waals surface area contributed by atoms with E-state index in [0.717, 1.165) is 42.7 Å². The van der Waals surface area contributed by atoms with Crippen LogP contribution in [0.2, 0.25) is 0 Å². The lowest BCUT2D eigenvalue weighted by atomic mass is 10.1. The maximum Gasteiger partial charge on any atom is 0.425 e. The van der Waals surface area contributed by atoms with Crippen LogP contribution in [-0.4, -0.2) is 84.1 Å². The molecule has 0 saturated heterocycles. The molecule has 12 nitrogen and oxygen atoms in total. The van der Waals surface area contributed by atoms with Gasteiger partial charge < -0.3 is 29.9 Å². The third-order valence-electron chi connectivity index (χ3n) is 8.91. The zero-order valence-electron chi connectivity index (χ0n) is 31.5. The molecule has 276 valence electrons. The van der Waals surface area contributed by atoms with Crippen molar-refractivity contribution in [3.63, 3.8) is 0 Å². The van der Waals surface area contributed by atoms with Crippen molar-refractivity contribution in [1.82, 2.24) is 25.1 Å². The van der Waals surface area contributed by atoms with Gasteiger partial charge in [0.25, 0.3) is 5.91 Å². The molecule has 3 amide bonds. The highest BCUT2D eigenvalue weighted by molar-refractivity contribution is 5.98. The number of nitrogens with zero attached hydrogens (tertiary/aromatic N) is 5. The Labute approximate surface area is 307 Å². The van der Waals surface area contributed by atoms with Crippen molar-refractivity contribution >= 4 is 41.0 Å². The molecule has 0 bridgehead atoms. The number of methoxy groups -OCH3 is 1. The molecule has 1 atom stereocenters. The molecule has 0 radical (unpaired) electrons. The number of likely N-dealkylation sites (N-methyl/N-ethyl adjacent to an activating group) is 2. The van der Waals surface area contributed by atoms with Crippen LogP contribution in [0.3, 0.4) is 0 Å². The van der Waals surface area contributed by atoms with E-state index < -0.39 is 6.09 Å². The summed E-state index contributed by atoms with van der Waals surface area (Å²) in [6, 6.07) is 19.6. The molecule has 12 heteroatoms. The fourth-order valence-electron chi connectivity index (χ4n) is 5.63. The topological polar surface area (TPSA) is 129 Å². The smallest absolute Gasteiger partial charge is 0.425 e. The van der Waals surface area contributed by atoms with Crippen molar-refractivity contribution in [2.24, 2.45) is 0 Å². The quantitative estimate of drug-likeness (QED) is 0.126. The highest BCUT2D eigenvalue weighted by Crippen LogP contribution is 2.34. The Bertz CT molecular complexity index is 1810. The number of nitrogens with one attached hydrogen (secondary N) is 2. The Morgan fingerprint density at radius 2 is 1.58 bits per heavy atom. The molecule has 0 spiro atoms. The van der Waals surface area contributed by atoms with Gasteiger partial charge in [0.15, 0.2) is 11.5 Å². The number of carbonyl (C=O) groups excluding carboxylic acids is 3. The van der Waals surface area contributed by atoms with Crippen LogP contribution in [0.25, 0.3) is 0 Å². The Kier molecular flexibility index (Phi) is 14.1. The van der Waals surface area contributed by atoms with Gasteiger partial charge in [0.2, 0.25) is 11.9 Å². The largest absolute Gasteiger partial charge is 0.493 e. The highest BCUT2D eigenvalue weighted by Gasteiger charge is 2.27. The summed E-state index contributed by atoms with van der Waals surface area (Å²) in [6.45, 7) is 15.3. The predicted octanol–water partition coefficient (Wildman–Crippen LogP) is 7.05. The number of aromatic nitrogens is 2. The lowest BCUT2D eigenvalue weighted by molar-refractivity contribution is -0.121. The number of benzene rings is 3. The molecule has 0 aliphatic rings. The molecule has 0 aliphatic heterocycles. The molecule has 1 aromatic heterocycles. The van der Waals surface area contributed by atoms with E-state index in [-0.39, 0.29) is 41.8 Å². The van der Waals surface area contributed by atoms with E-state index in [9.17, 15) is 14.4 Å². The first kappa shape index (κ1) is 39.3. The van der Waals surface area contributed by atoms with Crippen molar-refractivity contribution in [3.8, 4) is 11.5 Å². The molecule has 4 rings (SSSR count). The average molecular weight is 710 g/mol. The summed E-state index contributed by atoms with van der Waals surface area (Å²) in [6.07, 6.45) is 1.83. The molecule has 1 unspecified atom stereocenters. The molecule has 1 heterocycles. The lowest BCUT2D eigenvalue weighted by Crippen LogP contribution is -2.36. The molecule has 4 aromatic rings. The number of hydrogen-bond acceptors (Lipinski definition) is 9. The van der Waals surface area contributed by atoms with Crippen LogP contribution >= 0.6 is 0 Å². The number of anilines is 4. The molecule has 2 N–H and O–H groups in total. The van der Waals surface area contributed by atoms with E-state index in [4.69, 9.17) is 14.5 Å². The summed E-state index contributed by atoms with van der Waals surface area (Å²) in [5.74, 6) is 0.863. The summed E-state index contributed by atoms with van der Waals surface area (Å²) in [7, 11) is 3.29. The monoisotopic (exact) mass is 709 g/mol. The van der Waals surface area contributed by atoms with Crippen LogP contribution in [0, 0.1) is 13.8 Å². The molecule has 3 aromatic carbocycles. The van der Waals surface area contributed by atoms with Gasteiger partial charge in [-0.1, -0.05) is 45.0 Å². The first-order chi connectivity index (χ1) is 25.0. The van der Waals surface area contributed by atoms with Crippen LogP contribution in [0.1, 0.15) is 61.2 Å². The number of ether oxygens (including phenoxy) is 2. The number of hydrogen-bond donors (Lipinski definition) is 2. The van der Waals surface area contributed by atoms with Gasteiger partial charge in [0.1, 0.15) is 5.82 Å². The second-order valence-electron chi connectivity index (χ2n) is 12.7. The van der Waals surface area contributed by atoms with Crippen molar-refractivity contribution < 1.29 is 23.9 Å². The van der Waals surface area contributed by atoms with Crippen LogP contribution < -0.4 is 25.0 Å². The highest BCUT2D eigenvalue weighted by atomic mass is 16.6. The van der Waals surface area contributed by atoms with Gasteiger partial charge in [-0.3, -0.25) is 9.59 Å². The van der Waals surface area contributed by atoms with Gasteiger partial charge >= 0.3 is 6.09 Å². The van der Waals surface area contributed by atoms with Gasteiger partial charge in [-0.15, -0.1) is 0 Å². The Balaban J connectivity index is 1.56. The summed E-state index contributed by atoms with van der Waals surface area (Å²) >= 11 is 0. The van der Waals surface area contributed by atoms with E-state index >= 15 is 0 Å². The van der Waals surface area contributed by atoms with Gasteiger partial charge in [-0.05, 0) is 93.4 Å². The van der Waals surface area contributed by atoms with Crippen molar-refractivity contribution in [3.05, 3.63) is 95.2 Å². The fraction of sp³-hybridized carbons (Fsp3) is 0.375. The Morgan fingerprint density at radius 3 is 2.21 bits per heavy atom. The van der Waals surface area contributed by atoms with Gasteiger partial charge in [0, 0.05) is 49.7 Å². The van der Waals surface area contributed by atoms with E-state index in [2.05, 4.69) is 34.4 Å². The predicted molar refractivity (Wildman–Crippen MR) is 205 cm³/mol. The molecule has 0 aliphatic carbocycles. The van der Waals surface area contributed by atoms with Gasteiger partial charge in [0.05, 0.1) is 19.2 Å². The molecule has 0 saturated carbocycles. The van der Waals surface area contributed by atoms with Crippen molar-refractivity contribution in [2.75, 3.05) is 50.6 Å². The summed E-state index contributed by atoms with van der Waals surface area (Å²) in [5, 5.41) is 6.15. The fourth-order valence-corrected chi connectivity index (χ4v) is 5.63. The second-order valence-corrected chi connectivity index (χ2v) is 12.7. The van der Waals surface area contributed by atoms with Gasteiger partial charge in [-0.25, -0.2) is 14.7 Å². The SMILES string of the molecule is CCC(C)NC(=O)Cc1ccc(OC(=O)N(c2ccnc(Nc3ccc(C(=O)N(C)CCN(CC)CC)cc3)n2)c2c(C)cccc2C)c(OC)c1. The first-order valence-electron chi connectivity index (χ1n) is 17.7. The Morgan fingerprint density at radius 1 is 0.885 bits per heavy atom. The average Bonchev–Trinajstić information content (AvgIpc) is 3.14. The minimum Gasteiger partial charge on any atom is -0.493 e.